The van der Waals surface area contributed by atoms with Gasteiger partial charge in [-0.2, -0.15) is 0 Å². The minimum Gasteiger partial charge on any atom is -0.478 e. The Morgan fingerprint density at radius 1 is 0.971 bits per heavy atom. The van der Waals surface area contributed by atoms with Crippen molar-refractivity contribution in [3.8, 4) is 11.1 Å². The Bertz CT molecular complexity index is 1490. The molecule has 1 heterocycles. The number of rotatable bonds is 7. The first-order chi connectivity index (χ1) is 16.3. The quantitative estimate of drug-likeness (QED) is 0.267. The predicted octanol–water partition coefficient (Wildman–Crippen LogP) is 5.68. The number of carbonyl (C=O) groups is 2. The van der Waals surface area contributed by atoms with Crippen LogP contribution in [0, 0.1) is 5.41 Å². The van der Waals surface area contributed by atoms with Gasteiger partial charge in [-0.05, 0) is 53.8 Å². The number of hydrogen-bond donors (Lipinski definition) is 2. The van der Waals surface area contributed by atoms with Gasteiger partial charge in [-0.3, -0.25) is 14.2 Å². The Morgan fingerprint density at radius 2 is 1.65 bits per heavy atom. The second-order valence-corrected chi connectivity index (χ2v) is 8.49. The lowest BCUT2D eigenvalue weighted by molar-refractivity contribution is 0.0696. The SMILES string of the molecule is CC(=N)CC(=O)c1c(-c2ccccc2)c2cc(Cl)ccc2c(=O)n1Cc1ccc(C(=O)O)cc1. The molecule has 1 aromatic heterocycles. The van der Waals surface area contributed by atoms with Crippen LogP contribution in [0.4, 0.5) is 0 Å². The highest BCUT2D eigenvalue weighted by molar-refractivity contribution is 6.31. The number of aromatic carboxylic acids is 1. The summed E-state index contributed by atoms with van der Waals surface area (Å²) in [4.78, 5) is 38.3. The summed E-state index contributed by atoms with van der Waals surface area (Å²) in [6.07, 6.45) is -0.136. The minimum absolute atomic E-state index is 0.0647. The van der Waals surface area contributed by atoms with Crippen LogP contribution < -0.4 is 5.56 Å². The molecular weight excluding hydrogens is 452 g/mol. The summed E-state index contributed by atoms with van der Waals surface area (Å²) in [6.45, 7) is 1.61. The molecule has 4 rings (SSSR count). The number of pyridine rings is 1. The Hall–Kier alpha value is -4.03. The molecule has 0 saturated carbocycles. The minimum atomic E-state index is -1.05. The maximum absolute atomic E-state index is 13.6. The molecule has 0 radical (unpaired) electrons. The van der Waals surface area contributed by atoms with Gasteiger partial charge in [-0.25, -0.2) is 4.79 Å². The molecule has 6 nitrogen and oxygen atoms in total. The van der Waals surface area contributed by atoms with Crippen molar-refractivity contribution in [2.75, 3.05) is 0 Å². The van der Waals surface area contributed by atoms with E-state index in [1.165, 1.54) is 16.7 Å². The standard InChI is InChI=1S/C27H21ClN2O4/c1-16(29)13-23(31)25-24(18-5-3-2-4-6-18)22-14-20(28)11-12-21(22)26(32)30(25)15-17-7-9-19(10-8-17)27(33)34/h2-12,14,29H,13,15H2,1H3,(H,33,34). The first kappa shape index (κ1) is 23.1. The molecule has 170 valence electrons. The third kappa shape index (κ3) is 4.54. The average molecular weight is 473 g/mol. The molecule has 4 aromatic rings. The molecule has 0 aliphatic heterocycles. The number of aromatic nitrogens is 1. The Balaban J connectivity index is 2.05. The number of benzene rings is 3. The zero-order valence-corrected chi connectivity index (χ0v) is 19.1. The van der Waals surface area contributed by atoms with E-state index in [4.69, 9.17) is 17.0 Å². The summed E-state index contributed by atoms with van der Waals surface area (Å²) in [5.74, 6) is -1.40. The third-order valence-corrected chi connectivity index (χ3v) is 5.76. The number of carboxylic acid groups (broad SMARTS) is 1. The van der Waals surface area contributed by atoms with Gasteiger partial charge < -0.3 is 10.5 Å². The van der Waals surface area contributed by atoms with Crippen LogP contribution in [0.3, 0.4) is 0 Å². The molecule has 0 saturated heterocycles. The second kappa shape index (κ2) is 9.45. The van der Waals surface area contributed by atoms with Crippen LogP contribution in [0.15, 0.2) is 77.6 Å². The predicted molar refractivity (Wildman–Crippen MR) is 134 cm³/mol. The summed E-state index contributed by atoms with van der Waals surface area (Å²) in [5.41, 5.74) is 2.13. The summed E-state index contributed by atoms with van der Waals surface area (Å²) in [6, 6.07) is 20.4. The number of carbonyl (C=O) groups excluding carboxylic acids is 1. The van der Waals surface area contributed by atoms with Crippen LogP contribution in [-0.4, -0.2) is 27.1 Å². The molecule has 0 fully saturated rings. The number of nitrogens with zero attached hydrogens (tertiary/aromatic N) is 1. The number of halogens is 1. The fourth-order valence-electron chi connectivity index (χ4n) is 4.02. The van der Waals surface area contributed by atoms with Gasteiger partial charge in [0.25, 0.3) is 5.56 Å². The molecule has 0 aliphatic carbocycles. The number of hydrogen-bond acceptors (Lipinski definition) is 4. The zero-order valence-electron chi connectivity index (χ0n) is 18.3. The Kier molecular flexibility index (Phi) is 6.43. The van der Waals surface area contributed by atoms with Crippen molar-refractivity contribution in [3.63, 3.8) is 0 Å². The van der Waals surface area contributed by atoms with Gasteiger partial charge in [0.15, 0.2) is 5.78 Å². The largest absolute Gasteiger partial charge is 0.478 e. The number of Topliss-reactive ketones (excluding diaryl/α,β-unsaturated/α-hetero) is 1. The van der Waals surface area contributed by atoms with Gasteiger partial charge in [0, 0.05) is 21.7 Å². The second-order valence-electron chi connectivity index (χ2n) is 8.05. The maximum Gasteiger partial charge on any atom is 0.335 e. The van der Waals surface area contributed by atoms with E-state index in [1.54, 1.807) is 37.3 Å². The molecule has 34 heavy (non-hydrogen) atoms. The lowest BCUT2D eigenvalue weighted by atomic mass is 9.93. The summed E-state index contributed by atoms with van der Waals surface area (Å²) in [5, 5.41) is 18.5. The molecule has 2 N–H and O–H groups in total. The molecule has 0 unspecified atom stereocenters. The number of fused-ring (bicyclic) bond motifs is 1. The van der Waals surface area contributed by atoms with E-state index in [2.05, 4.69) is 0 Å². The van der Waals surface area contributed by atoms with Crippen molar-refractivity contribution in [2.24, 2.45) is 0 Å². The van der Waals surface area contributed by atoms with Crippen LogP contribution in [-0.2, 0) is 6.54 Å². The molecule has 7 heteroatoms. The molecule has 0 amide bonds. The summed E-state index contributed by atoms with van der Waals surface area (Å²) >= 11 is 6.28. The summed E-state index contributed by atoms with van der Waals surface area (Å²) in [7, 11) is 0. The average Bonchev–Trinajstić information content (AvgIpc) is 2.81. The van der Waals surface area contributed by atoms with E-state index in [9.17, 15) is 19.5 Å². The first-order valence-corrected chi connectivity index (χ1v) is 10.9. The molecule has 3 aromatic carbocycles. The van der Waals surface area contributed by atoms with Crippen LogP contribution in [0.25, 0.3) is 21.9 Å². The van der Waals surface area contributed by atoms with Crippen LogP contribution in [0.2, 0.25) is 5.02 Å². The first-order valence-electron chi connectivity index (χ1n) is 10.6. The van der Waals surface area contributed by atoms with Gasteiger partial charge >= 0.3 is 5.97 Å². The van der Waals surface area contributed by atoms with Crippen molar-refractivity contribution >= 4 is 39.8 Å². The summed E-state index contributed by atoms with van der Waals surface area (Å²) < 4.78 is 1.42. The fourth-order valence-corrected chi connectivity index (χ4v) is 4.19. The fraction of sp³-hybridized carbons (Fsp3) is 0.111. The number of nitrogens with one attached hydrogen (secondary N) is 1. The van der Waals surface area contributed by atoms with Gasteiger partial charge in [-0.15, -0.1) is 0 Å². The van der Waals surface area contributed by atoms with Crippen molar-refractivity contribution in [2.45, 2.75) is 19.9 Å². The molecule has 0 atom stereocenters. The molecular formula is C27H21ClN2O4. The Morgan fingerprint density at radius 3 is 2.26 bits per heavy atom. The third-order valence-electron chi connectivity index (χ3n) is 5.53. The molecule has 0 aliphatic rings. The van der Waals surface area contributed by atoms with Gasteiger partial charge in [0.05, 0.1) is 24.2 Å². The van der Waals surface area contributed by atoms with E-state index in [1.807, 2.05) is 30.3 Å². The normalized spacial score (nSPS) is 10.9. The van der Waals surface area contributed by atoms with Gasteiger partial charge in [0.1, 0.15) is 0 Å². The van der Waals surface area contributed by atoms with E-state index in [0.29, 0.717) is 26.9 Å². The van der Waals surface area contributed by atoms with Crippen molar-refractivity contribution in [1.82, 2.24) is 4.57 Å². The Labute approximate surface area is 200 Å². The van der Waals surface area contributed by atoms with Crippen molar-refractivity contribution < 1.29 is 14.7 Å². The number of ketones is 1. The smallest absolute Gasteiger partial charge is 0.335 e. The maximum atomic E-state index is 13.6. The van der Waals surface area contributed by atoms with E-state index >= 15 is 0 Å². The van der Waals surface area contributed by atoms with E-state index in [0.717, 1.165) is 5.56 Å². The topological polar surface area (TPSA) is 100 Å². The zero-order chi connectivity index (χ0) is 24.4. The molecule has 0 spiro atoms. The van der Waals surface area contributed by atoms with Crippen molar-refractivity contribution in [3.05, 3.63) is 105 Å². The lowest BCUT2D eigenvalue weighted by Gasteiger charge is -2.20. The highest BCUT2D eigenvalue weighted by Gasteiger charge is 2.24. The number of carboxylic acids is 1. The lowest BCUT2D eigenvalue weighted by Crippen LogP contribution is -2.28. The van der Waals surface area contributed by atoms with E-state index in [-0.39, 0.29) is 41.3 Å². The van der Waals surface area contributed by atoms with Gasteiger partial charge in [-0.1, -0.05) is 54.1 Å². The van der Waals surface area contributed by atoms with Crippen LogP contribution in [0.5, 0.6) is 0 Å². The van der Waals surface area contributed by atoms with Crippen molar-refractivity contribution in [1.29, 1.82) is 5.41 Å². The van der Waals surface area contributed by atoms with Crippen LogP contribution >= 0.6 is 11.6 Å². The van der Waals surface area contributed by atoms with Crippen LogP contribution in [0.1, 0.15) is 39.8 Å². The molecule has 0 bridgehead atoms. The highest BCUT2D eigenvalue weighted by Crippen LogP contribution is 2.33. The van der Waals surface area contributed by atoms with E-state index < -0.39 is 5.97 Å². The van der Waals surface area contributed by atoms with Gasteiger partial charge in [0.2, 0.25) is 0 Å². The monoisotopic (exact) mass is 472 g/mol. The highest BCUT2D eigenvalue weighted by atomic mass is 35.5.